The summed E-state index contributed by atoms with van der Waals surface area (Å²) in [6, 6.07) is 8.55. The zero-order chi connectivity index (χ0) is 14.7. The van der Waals surface area contributed by atoms with E-state index in [9.17, 15) is 4.21 Å². The third-order valence-electron chi connectivity index (χ3n) is 2.71. The monoisotopic (exact) mass is 310 g/mol. The van der Waals surface area contributed by atoms with E-state index in [1.807, 2.05) is 13.0 Å². The summed E-state index contributed by atoms with van der Waals surface area (Å²) >= 11 is 5.83. The van der Waals surface area contributed by atoms with Gasteiger partial charge in [0.1, 0.15) is 5.75 Å². The summed E-state index contributed by atoms with van der Waals surface area (Å²) in [7, 11) is 0.316. The quantitative estimate of drug-likeness (QED) is 0.882. The number of hydrogen-bond donors (Lipinski definition) is 1. The Balaban J connectivity index is 2.25. The van der Waals surface area contributed by atoms with Crippen LogP contribution >= 0.6 is 11.6 Å². The van der Waals surface area contributed by atoms with Gasteiger partial charge in [-0.1, -0.05) is 11.6 Å². The number of aryl methyl sites for hydroxylation is 1. The number of ether oxygens (including phenoxy) is 1. The maximum absolute atomic E-state index is 12.4. The SMILES string of the molecule is COc1cc(C)nc(CS(=O)c2ccc(Cl)cc2N)c1. The lowest BCUT2D eigenvalue weighted by Crippen LogP contribution is -2.03. The second-order valence-electron chi connectivity index (χ2n) is 4.31. The average molecular weight is 311 g/mol. The molecule has 0 aliphatic rings. The predicted octanol–water partition coefficient (Wildman–Crippen LogP) is 2.94. The molecule has 0 aliphatic heterocycles. The molecule has 0 spiro atoms. The third kappa shape index (κ3) is 3.49. The number of aromatic nitrogens is 1. The van der Waals surface area contributed by atoms with E-state index >= 15 is 0 Å². The predicted molar refractivity (Wildman–Crippen MR) is 81.5 cm³/mol. The van der Waals surface area contributed by atoms with Gasteiger partial charge < -0.3 is 10.5 Å². The van der Waals surface area contributed by atoms with Gasteiger partial charge in [0.2, 0.25) is 0 Å². The van der Waals surface area contributed by atoms with Crippen molar-refractivity contribution in [3.05, 3.63) is 46.7 Å². The minimum Gasteiger partial charge on any atom is -0.497 e. The van der Waals surface area contributed by atoms with E-state index < -0.39 is 10.8 Å². The maximum atomic E-state index is 12.4. The van der Waals surface area contributed by atoms with E-state index in [0.717, 1.165) is 5.69 Å². The van der Waals surface area contributed by atoms with Gasteiger partial charge in [-0.2, -0.15) is 0 Å². The van der Waals surface area contributed by atoms with E-state index in [4.69, 9.17) is 22.1 Å². The molecule has 0 saturated heterocycles. The van der Waals surface area contributed by atoms with Crippen molar-refractivity contribution in [2.75, 3.05) is 12.8 Å². The van der Waals surface area contributed by atoms with E-state index in [1.54, 1.807) is 31.4 Å². The normalized spacial score (nSPS) is 12.2. The lowest BCUT2D eigenvalue weighted by Gasteiger charge is -2.08. The fourth-order valence-corrected chi connectivity index (χ4v) is 3.13. The Bertz CT molecular complexity index is 662. The number of hydrogen-bond acceptors (Lipinski definition) is 4. The second kappa shape index (κ2) is 6.24. The van der Waals surface area contributed by atoms with Crippen molar-refractivity contribution in [2.24, 2.45) is 0 Å². The summed E-state index contributed by atoms with van der Waals surface area (Å²) in [6.07, 6.45) is 0. The zero-order valence-electron chi connectivity index (χ0n) is 11.2. The molecule has 4 nitrogen and oxygen atoms in total. The van der Waals surface area contributed by atoms with Gasteiger partial charge in [-0.05, 0) is 25.1 Å². The summed E-state index contributed by atoms with van der Waals surface area (Å²) in [5.74, 6) is 0.984. The highest BCUT2D eigenvalue weighted by atomic mass is 35.5. The third-order valence-corrected chi connectivity index (χ3v) is 4.37. The van der Waals surface area contributed by atoms with Gasteiger partial charge in [-0.25, -0.2) is 0 Å². The van der Waals surface area contributed by atoms with Crippen LogP contribution < -0.4 is 10.5 Å². The highest BCUT2D eigenvalue weighted by Gasteiger charge is 2.11. The van der Waals surface area contributed by atoms with Gasteiger partial charge in [0.15, 0.2) is 0 Å². The Labute approximate surface area is 125 Å². The second-order valence-corrected chi connectivity index (χ2v) is 6.17. The molecule has 1 unspecified atom stereocenters. The average Bonchev–Trinajstić information content (AvgIpc) is 2.37. The van der Waals surface area contributed by atoms with E-state index in [1.165, 1.54) is 0 Å². The standard InChI is InChI=1S/C14H15ClN2O2S/c1-9-5-12(19-2)7-11(17-9)8-20(18)14-4-3-10(15)6-13(14)16/h3-7H,8,16H2,1-2H3. The van der Waals surface area contributed by atoms with Crippen molar-refractivity contribution in [1.29, 1.82) is 0 Å². The molecule has 2 N–H and O–H groups in total. The summed E-state index contributed by atoms with van der Waals surface area (Å²) in [6.45, 7) is 1.87. The van der Waals surface area contributed by atoms with Crippen LogP contribution in [0.3, 0.4) is 0 Å². The smallest absolute Gasteiger partial charge is 0.122 e. The molecule has 2 aromatic rings. The highest BCUT2D eigenvalue weighted by molar-refractivity contribution is 7.84. The molecule has 1 heterocycles. The first-order valence-electron chi connectivity index (χ1n) is 5.94. The van der Waals surface area contributed by atoms with Crippen LogP contribution in [0.15, 0.2) is 35.2 Å². The number of methoxy groups -OCH3 is 1. The van der Waals surface area contributed by atoms with Crippen LogP contribution in [0.25, 0.3) is 0 Å². The number of anilines is 1. The largest absolute Gasteiger partial charge is 0.497 e. The van der Waals surface area contributed by atoms with Gasteiger partial charge >= 0.3 is 0 Å². The minimum absolute atomic E-state index is 0.282. The molecule has 1 atom stereocenters. The van der Waals surface area contributed by atoms with Gasteiger partial charge in [-0.15, -0.1) is 0 Å². The zero-order valence-corrected chi connectivity index (χ0v) is 12.8. The molecule has 106 valence electrons. The van der Waals surface area contributed by atoms with Gasteiger partial charge in [0, 0.05) is 28.5 Å². The summed E-state index contributed by atoms with van der Waals surface area (Å²) < 4.78 is 17.5. The van der Waals surface area contributed by atoms with Crippen molar-refractivity contribution in [1.82, 2.24) is 4.98 Å². The number of pyridine rings is 1. The number of nitrogens with zero attached hydrogens (tertiary/aromatic N) is 1. The Morgan fingerprint density at radius 2 is 2.10 bits per heavy atom. The molecule has 0 bridgehead atoms. The molecule has 20 heavy (non-hydrogen) atoms. The van der Waals surface area contributed by atoms with Crippen LogP contribution in [0.5, 0.6) is 5.75 Å². The Morgan fingerprint density at radius 3 is 2.75 bits per heavy atom. The Morgan fingerprint density at radius 1 is 1.35 bits per heavy atom. The van der Waals surface area contributed by atoms with Crippen LogP contribution in [0, 0.1) is 6.92 Å². The van der Waals surface area contributed by atoms with Crippen LogP contribution in [-0.4, -0.2) is 16.3 Å². The van der Waals surface area contributed by atoms with E-state index in [0.29, 0.717) is 27.0 Å². The summed E-state index contributed by atoms with van der Waals surface area (Å²) in [5, 5.41) is 0.526. The van der Waals surface area contributed by atoms with Gasteiger partial charge in [0.25, 0.3) is 0 Å². The molecule has 0 fully saturated rings. The van der Waals surface area contributed by atoms with Gasteiger partial charge in [-0.3, -0.25) is 9.19 Å². The number of halogens is 1. The van der Waals surface area contributed by atoms with E-state index in [-0.39, 0.29) is 5.75 Å². The highest BCUT2D eigenvalue weighted by Crippen LogP contribution is 2.23. The molecule has 6 heteroatoms. The molecule has 0 saturated carbocycles. The Kier molecular flexibility index (Phi) is 4.62. The summed E-state index contributed by atoms with van der Waals surface area (Å²) in [4.78, 5) is 4.92. The molecular weight excluding hydrogens is 296 g/mol. The number of nitrogen functional groups attached to an aromatic ring is 1. The van der Waals surface area contributed by atoms with Crippen molar-refractivity contribution < 1.29 is 8.95 Å². The molecule has 0 amide bonds. The summed E-state index contributed by atoms with van der Waals surface area (Å²) in [5.41, 5.74) is 7.79. The fourth-order valence-electron chi connectivity index (χ4n) is 1.83. The van der Waals surface area contributed by atoms with Crippen molar-refractivity contribution in [3.8, 4) is 5.75 Å². The fraction of sp³-hybridized carbons (Fsp3) is 0.214. The molecular formula is C14H15ClN2O2S. The number of nitrogens with two attached hydrogens (primary N) is 1. The first-order chi connectivity index (χ1) is 9.49. The first kappa shape index (κ1) is 14.8. The molecule has 2 rings (SSSR count). The van der Waals surface area contributed by atoms with Crippen LogP contribution in [-0.2, 0) is 16.6 Å². The van der Waals surface area contributed by atoms with Gasteiger partial charge in [0.05, 0.1) is 34.3 Å². The maximum Gasteiger partial charge on any atom is 0.122 e. The van der Waals surface area contributed by atoms with E-state index in [2.05, 4.69) is 4.98 Å². The molecule has 0 aliphatic carbocycles. The van der Waals surface area contributed by atoms with Crippen LogP contribution in [0.2, 0.25) is 5.02 Å². The number of benzene rings is 1. The first-order valence-corrected chi connectivity index (χ1v) is 7.64. The van der Waals surface area contributed by atoms with Crippen molar-refractivity contribution >= 4 is 28.1 Å². The minimum atomic E-state index is -1.27. The molecule has 1 aromatic carbocycles. The molecule has 0 radical (unpaired) electrons. The lowest BCUT2D eigenvalue weighted by molar-refractivity contribution is 0.413. The Hall–Kier alpha value is -1.59. The van der Waals surface area contributed by atoms with Crippen LogP contribution in [0.4, 0.5) is 5.69 Å². The molecule has 1 aromatic heterocycles. The van der Waals surface area contributed by atoms with Crippen molar-refractivity contribution in [2.45, 2.75) is 17.6 Å². The lowest BCUT2D eigenvalue weighted by atomic mass is 10.3. The number of rotatable bonds is 4. The topological polar surface area (TPSA) is 65.2 Å². The van der Waals surface area contributed by atoms with Crippen molar-refractivity contribution in [3.63, 3.8) is 0 Å². The van der Waals surface area contributed by atoms with Crippen LogP contribution in [0.1, 0.15) is 11.4 Å².